The molecule has 0 aliphatic carbocycles. The number of allylic oxidation sites excluding steroid dienone is 17. The number of hydrogen-bond acceptors (Lipinski definition) is 10. The lowest BCUT2D eigenvalue weighted by Gasteiger charge is -2.41. The maximum absolute atomic E-state index is 13.4. The fraction of sp³-hybridized carbons (Fsp3) is 0.701. The molecule has 0 aromatic carbocycles. The number of nitrogens with one attached hydrogen (secondary N) is 1. The zero-order chi connectivity index (χ0) is 56.8. The summed E-state index contributed by atoms with van der Waals surface area (Å²) < 4.78 is 17.6. The van der Waals surface area contributed by atoms with Gasteiger partial charge in [-0.25, -0.2) is 0 Å². The second kappa shape index (κ2) is 53.9. The van der Waals surface area contributed by atoms with E-state index >= 15 is 0 Å². The summed E-state index contributed by atoms with van der Waals surface area (Å²) in [5.74, 6) is -1.24. The molecule has 1 aliphatic heterocycles. The predicted molar refractivity (Wildman–Crippen MR) is 324 cm³/mol. The third-order valence-electron chi connectivity index (χ3n) is 13.9. The molecule has 0 spiro atoms. The number of carbonyl (C=O) groups excluding carboxylic acids is 2. The summed E-state index contributed by atoms with van der Waals surface area (Å²) in [7, 11) is 0. The monoisotopic (exact) mass is 1090 g/mol. The lowest BCUT2D eigenvalue weighted by Crippen LogP contribution is -2.61. The quantitative estimate of drug-likeness (QED) is 0.0195. The molecule has 1 heterocycles. The van der Waals surface area contributed by atoms with Crippen molar-refractivity contribution in [3.63, 3.8) is 0 Å². The molecule has 1 amide bonds. The number of carbonyl (C=O) groups is 2. The van der Waals surface area contributed by atoms with Crippen LogP contribution in [0.15, 0.2) is 109 Å². The van der Waals surface area contributed by atoms with Gasteiger partial charge in [-0.1, -0.05) is 233 Å². The van der Waals surface area contributed by atoms with E-state index in [0.29, 0.717) is 12.8 Å². The summed E-state index contributed by atoms with van der Waals surface area (Å²) in [5.41, 5.74) is 0. The first-order valence-corrected chi connectivity index (χ1v) is 31.2. The lowest BCUT2D eigenvalue weighted by molar-refractivity contribution is -0.305. The van der Waals surface area contributed by atoms with E-state index in [1.54, 1.807) is 6.08 Å². The molecule has 1 fully saturated rings. The number of rotatable bonds is 51. The van der Waals surface area contributed by atoms with Crippen molar-refractivity contribution in [3.05, 3.63) is 109 Å². The maximum Gasteiger partial charge on any atom is 0.306 e. The SMILES string of the molecule is CC/C=C\C/C=C\C/C=C\C/C=C\C/C=C\CCCCCCCC(=O)OC1C(OCC(NC(=O)C(O)CCCCC/C=C\C/C=C\C/C=C\CCCCC)C(O)/C=C/CCCCCCCCCCCC)OC(CO)C(O)C1O. The van der Waals surface area contributed by atoms with Gasteiger partial charge in [-0.2, -0.15) is 0 Å². The van der Waals surface area contributed by atoms with Crippen molar-refractivity contribution < 1.29 is 49.3 Å². The largest absolute Gasteiger partial charge is 0.454 e. The van der Waals surface area contributed by atoms with E-state index in [9.17, 15) is 35.1 Å². The van der Waals surface area contributed by atoms with Gasteiger partial charge < -0.3 is 45.1 Å². The molecule has 0 bridgehead atoms. The van der Waals surface area contributed by atoms with Gasteiger partial charge in [0.25, 0.3) is 0 Å². The van der Waals surface area contributed by atoms with Crippen molar-refractivity contribution in [1.82, 2.24) is 5.32 Å². The number of esters is 1. The number of hydrogen-bond donors (Lipinski definition) is 6. The first-order valence-electron chi connectivity index (χ1n) is 31.2. The average Bonchev–Trinajstić information content (AvgIpc) is 3.45. The van der Waals surface area contributed by atoms with Crippen molar-refractivity contribution in [3.8, 4) is 0 Å². The molecule has 1 saturated heterocycles. The van der Waals surface area contributed by atoms with Crippen molar-refractivity contribution in [2.24, 2.45) is 0 Å². The Balaban J connectivity index is 2.71. The van der Waals surface area contributed by atoms with Gasteiger partial charge >= 0.3 is 5.97 Å². The van der Waals surface area contributed by atoms with E-state index in [0.717, 1.165) is 128 Å². The Morgan fingerprint density at radius 3 is 1.41 bits per heavy atom. The Morgan fingerprint density at radius 2 is 0.923 bits per heavy atom. The number of aliphatic hydroxyl groups is 5. The Bertz CT molecular complexity index is 1680. The van der Waals surface area contributed by atoms with Gasteiger partial charge in [0, 0.05) is 6.42 Å². The van der Waals surface area contributed by atoms with E-state index in [4.69, 9.17) is 14.2 Å². The van der Waals surface area contributed by atoms with Crippen LogP contribution in [0.5, 0.6) is 0 Å². The van der Waals surface area contributed by atoms with Crippen LogP contribution in [0.4, 0.5) is 0 Å². The Kier molecular flexibility index (Phi) is 50.0. The smallest absolute Gasteiger partial charge is 0.306 e. The second-order valence-electron chi connectivity index (χ2n) is 21.0. The van der Waals surface area contributed by atoms with E-state index in [1.807, 2.05) is 6.08 Å². The molecule has 0 aromatic heterocycles. The summed E-state index contributed by atoms with van der Waals surface area (Å²) in [6.07, 6.45) is 62.6. The zero-order valence-corrected chi connectivity index (χ0v) is 49.2. The van der Waals surface area contributed by atoms with Crippen molar-refractivity contribution in [1.29, 1.82) is 0 Å². The molecule has 11 heteroatoms. The van der Waals surface area contributed by atoms with E-state index in [-0.39, 0.29) is 19.4 Å². The normalized spacial score (nSPS) is 19.7. The van der Waals surface area contributed by atoms with Crippen molar-refractivity contribution in [2.75, 3.05) is 13.2 Å². The number of ether oxygens (including phenoxy) is 3. The first-order chi connectivity index (χ1) is 38.2. The van der Waals surface area contributed by atoms with Crippen LogP contribution in [0.2, 0.25) is 0 Å². The van der Waals surface area contributed by atoms with Crippen LogP contribution in [-0.4, -0.2) is 99.6 Å². The third-order valence-corrected chi connectivity index (χ3v) is 13.9. The van der Waals surface area contributed by atoms with E-state index < -0.39 is 67.4 Å². The Hall–Kier alpha value is -3.68. The van der Waals surface area contributed by atoms with Crippen molar-refractivity contribution in [2.45, 2.75) is 288 Å². The highest BCUT2D eigenvalue weighted by molar-refractivity contribution is 5.80. The van der Waals surface area contributed by atoms with Gasteiger partial charge in [0.2, 0.25) is 5.91 Å². The number of aliphatic hydroxyl groups excluding tert-OH is 5. The molecular weight excluding hydrogens is 979 g/mol. The molecule has 1 rings (SSSR count). The summed E-state index contributed by atoms with van der Waals surface area (Å²) in [6, 6.07) is -1.05. The van der Waals surface area contributed by atoms with Gasteiger partial charge in [-0.3, -0.25) is 9.59 Å². The minimum absolute atomic E-state index is 0.0925. The average molecular weight is 1090 g/mol. The number of unbranched alkanes of at least 4 members (excludes halogenated alkanes) is 21. The van der Waals surface area contributed by atoms with Crippen LogP contribution in [0.25, 0.3) is 0 Å². The van der Waals surface area contributed by atoms with Crippen molar-refractivity contribution >= 4 is 11.9 Å². The highest BCUT2D eigenvalue weighted by Gasteiger charge is 2.47. The molecule has 0 radical (unpaired) electrons. The van der Waals surface area contributed by atoms with Crippen LogP contribution in [-0.2, 0) is 23.8 Å². The van der Waals surface area contributed by atoms with Gasteiger partial charge in [-0.05, 0) is 109 Å². The Morgan fingerprint density at radius 1 is 0.513 bits per heavy atom. The molecule has 1 aliphatic rings. The summed E-state index contributed by atoms with van der Waals surface area (Å²) >= 11 is 0. The fourth-order valence-electron chi connectivity index (χ4n) is 8.98. The lowest BCUT2D eigenvalue weighted by atomic mass is 9.99. The van der Waals surface area contributed by atoms with Crippen LogP contribution in [0.1, 0.15) is 239 Å². The first kappa shape index (κ1) is 72.3. The minimum Gasteiger partial charge on any atom is -0.454 e. The standard InChI is InChI=1S/C67H113NO10/c1-4-7-10-13-16-19-22-25-27-29-30-31-32-33-35-37-40-43-46-49-52-55-62(72)78-65-64(74)63(73)61(56-69)77-67(65)76-57-58(59(70)53-50-47-44-41-38-24-21-18-15-12-9-6-3)68-66(75)60(71)54-51-48-45-42-39-36-34-28-26-23-20-17-14-11-8-5-2/h7,10,16-17,19-20,25-28,30-31,33,35-36,39,50,53,58-61,63-65,67,69-71,73-74H,4-6,8-9,11-15,18,21-24,29,32,34,37-38,40-49,51-52,54-57H2,1-3H3,(H,68,75)/b10-7-,19-16-,20-17-,27-25-,28-26-,31-30-,35-33-,39-36-,53-50+. The molecule has 11 nitrogen and oxygen atoms in total. The molecule has 8 unspecified atom stereocenters. The highest BCUT2D eigenvalue weighted by atomic mass is 16.7. The van der Waals surface area contributed by atoms with Crippen LogP contribution in [0.3, 0.4) is 0 Å². The van der Waals surface area contributed by atoms with E-state index in [1.165, 1.54) is 64.2 Å². The van der Waals surface area contributed by atoms with Gasteiger partial charge in [0.1, 0.15) is 24.4 Å². The molecular formula is C67H113NO10. The Labute approximate surface area is 475 Å². The topological polar surface area (TPSA) is 175 Å². The molecule has 78 heavy (non-hydrogen) atoms. The minimum atomic E-state index is -1.63. The number of amides is 1. The molecule has 6 N–H and O–H groups in total. The maximum atomic E-state index is 13.4. The van der Waals surface area contributed by atoms with Crippen LogP contribution >= 0.6 is 0 Å². The van der Waals surface area contributed by atoms with Gasteiger partial charge in [-0.15, -0.1) is 0 Å². The van der Waals surface area contributed by atoms with Gasteiger partial charge in [0.15, 0.2) is 12.4 Å². The van der Waals surface area contributed by atoms with E-state index in [2.05, 4.69) is 123 Å². The molecule has 0 aromatic rings. The second-order valence-corrected chi connectivity index (χ2v) is 21.0. The van der Waals surface area contributed by atoms with Crippen LogP contribution in [0, 0.1) is 0 Å². The zero-order valence-electron chi connectivity index (χ0n) is 49.2. The molecule has 8 atom stereocenters. The van der Waals surface area contributed by atoms with Crippen LogP contribution < -0.4 is 5.32 Å². The summed E-state index contributed by atoms with van der Waals surface area (Å²) in [6.45, 7) is 5.61. The predicted octanol–water partition coefficient (Wildman–Crippen LogP) is 14.9. The summed E-state index contributed by atoms with van der Waals surface area (Å²) in [5, 5.41) is 57.0. The molecule has 0 saturated carbocycles. The highest BCUT2D eigenvalue weighted by Crippen LogP contribution is 2.26. The summed E-state index contributed by atoms with van der Waals surface area (Å²) in [4.78, 5) is 26.5. The van der Waals surface area contributed by atoms with Gasteiger partial charge in [0.05, 0.1) is 25.4 Å². The molecule has 446 valence electrons. The third kappa shape index (κ3) is 41.3. The fourth-order valence-corrected chi connectivity index (χ4v) is 8.98.